The van der Waals surface area contributed by atoms with Crippen LogP contribution in [0, 0.1) is 46.3 Å². The van der Waals surface area contributed by atoms with Crippen LogP contribution in [0.4, 0.5) is 0 Å². The Labute approximate surface area is 148 Å². The number of aromatic nitrogens is 2. The van der Waals surface area contributed by atoms with Crippen LogP contribution in [0.3, 0.4) is 0 Å². The molecule has 4 unspecified atom stereocenters. The maximum Gasteiger partial charge on any atom is 0.115 e. The van der Waals surface area contributed by atoms with Gasteiger partial charge in [-0.3, -0.25) is 0 Å². The van der Waals surface area contributed by atoms with E-state index >= 15 is 0 Å². The van der Waals surface area contributed by atoms with Crippen molar-refractivity contribution in [2.24, 2.45) is 46.3 Å². The fourth-order valence-corrected chi connectivity index (χ4v) is 9.91. The average Bonchev–Trinajstić information content (AvgIpc) is 3.02. The van der Waals surface area contributed by atoms with E-state index in [0.29, 0.717) is 0 Å². The second kappa shape index (κ2) is 3.56. The summed E-state index contributed by atoms with van der Waals surface area (Å²) < 4.78 is 0. The molecule has 2 aromatic rings. The number of benzene rings is 1. The Morgan fingerprint density at radius 2 is 1.36 bits per heavy atom. The first-order valence-corrected chi connectivity index (χ1v) is 10.2. The van der Waals surface area contributed by atoms with Crippen LogP contribution < -0.4 is 0 Å². The van der Waals surface area contributed by atoms with E-state index in [1.165, 1.54) is 5.56 Å². The molecule has 2 bridgehead atoms. The average molecular weight is 326 g/mol. The van der Waals surface area contributed by atoms with Gasteiger partial charge < -0.3 is 0 Å². The van der Waals surface area contributed by atoms with E-state index < -0.39 is 0 Å². The summed E-state index contributed by atoms with van der Waals surface area (Å²) in [5.41, 5.74) is 5.62. The van der Waals surface area contributed by atoms with Crippen molar-refractivity contribution in [3.05, 3.63) is 48.5 Å². The fraction of sp³-hybridized carbons (Fsp3) is 0.565. The van der Waals surface area contributed by atoms with Crippen molar-refractivity contribution in [2.45, 2.75) is 31.6 Å². The molecule has 6 fully saturated rings. The number of hydrogen-bond acceptors (Lipinski definition) is 2. The summed E-state index contributed by atoms with van der Waals surface area (Å²) in [6.45, 7) is 0. The molecule has 124 valence electrons. The minimum Gasteiger partial charge on any atom is -0.244 e. The first-order valence-electron chi connectivity index (χ1n) is 10.2. The van der Waals surface area contributed by atoms with Gasteiger partial charge in [0.2, 0.25) is 0 Å². The quantitative estimate of drug-likeness (QED) is 0.810. The zero-order chi connectivity index (χ0) is 16.0. The largest absolute Gasteiger partial charge is 0.244 e. The molecule has 2 heteroatoms. The lowest BCUT2D eigenvalue weighted by molar-refractivity contribution is -0.293. The van der Waals surface area contributed by atoms with Gasteiger partial charge in [0, 0.05) is 18.0 Å². The molecule has 1 aromatic heterocycles. The molecule has 2 spiro atoms. The first-order chi connectivity index (χ1) is 12.4. The zero-order valence-corrected chi connectivity index (χ0v) is 14.3. The van der Waals surface area contributed by atoms with Crippen molar-refractivity contribution in [3.63, 3.8) is 0 Å². The topological polar surface area (TPSA) is 25.8 Å². The normalized spacial score (nSPS) is 54.5. The molecule has 0 N–H and O–H groups in total. The van der Waals surface area contributed by atoms with E-state index in [9.17, 15) is 0 Å². The third-order valence-corrected chi connectivity index (χ3v) is 10.2. The van der Waals surface area contributed by atoms with Gasteiger partial charge >= 0.3 is 0 Å². The predicted octanol–water partition coefficient (Wildman–Crippen LogP) is 4.54. The molecule has 0 radical (unpaired) electrons. The lowest BCUT2D eigenvalue weighted by Crippen LogP contribution is -2.71. The third-order valence-electron chi connectivity index (χ3n) is 10.2. The maximum atomic E-state index is 4.23. The fourth-order valence-electron chi connectivity index (χ4n) is 9.91. The van der Waals surface area contributed by atoms with Crippen LogP contribution >= 0.6 is 0 Å². The summed E-state index contributed by atoms with van der Waals surface area (Å²) in [5, 5.41) is 0. The molecule has 6 saturated carbocycles. The van der Waals surface area contributed by atoms with Crippen molar-refractivity contribution in [1.82, 2.24) is 9.97 Å². The van der Waals surface area contributed by atoms with E-state index in [-0.39, 0.29) is 0 Å². The molecule has 1 aromatic carbocycles. The van der Waals surface area contributed by atoms with Gasteiger partial charge in [0.1, 0.15) is 6.33 Å². The molecule has 0 aliphatic heterocycles. The summed E-state index contributed by atoms with van der Waals surface area (Å²) in [6.07, 6.45) is 11.8. The van der Waals surface area contributed by atoms with Crippen LogP contribution in [0.2, 0.25) is 0 Å². The Kier molecular flexibility index (Phi) is 1.80. The Morgan fingerprint density at radius 1 is 0.760 bits per heavy atom. The van der Waals surface area contributed by atoms with Crippen molar-refractivity contribution in [3.8, 4) is 11.1 Å². The zero-order valence-electron chi connectivity index (χ0n) is 14.3. The maximum absolute atomic E-state index is 4.23. The molecule has 25 heavy (non-hydrogen) atoms. The van der Waals surface area contributed by atoms with E-state index in [1.54, 1.807) is 37.6 Å². The van der Waals surface area contributed by atoms with Crippen LogP contribution in [0.15, 0.2) is 43.0 Å². The summed E-state index contributed by atoms with van der Waals surface area (Å²) in [5.74, 6) is 7.41. The summed E-state index contributed by atoms with van der Waals surface area (Å²) in [7, 11) is 0. The molecule has 6 aliphatic carbocycles. The van der Waals surface area contributed by atoms with Crippen LogP contribution in [0.1, 0.15) is 37.2 Å². The Bertz CT molecular complexity index is 874. The van der Waals surface area contributed by atoms with Gasteiger partial charge in [0.15, 0.2) is 0 Å². The third kappa shape index (κ3) is 0.991. The van der Waals surface area contributed by atoms with Crippen LogP contribution in [-0.2, 0) is 0 Å². The standard InChI is InChI=1S/C23H22N2/c1-2-12(14-9-24-11-25-10-14)4-13(3-1)21-22-15-5-17(22)18-7-16-8-20(19(22)6-15)23(16,18)21/h1-4,9-11,15-21H,5-8H2. The number of hydrogen-bond donors (Lipinski definition) is 0. The smallest absolute Gasteiger partial charge is 0.115 e. The summed E-state index contributed by atoms with van der Waals surface area (Å²) >= 11 is 0. The van der Waals surface area contributed by atoms with Gasteiger partial charge in [-0.2, -0.15) is 0 Å². The van der Waals surface area contributed by atoms with Crippen molar-refractivity contribution < 1.29 is 0 Å². The van der Waals surface area contributed by atoms with E-state index in [2.05, 4.69) is 34.2 Å². The molecule has 8 rings (SSSR count). The number of nitrogens with zero attached hydrogens (tertiary/aromatic N) is 2. The highest BCUT2D eigenvalue weighted by Gasteiger charge is 2.94. The van der Waals surface area contributed by atoms with Gasteiger partial charge in [-0.1, -0.05) is 24.3 Å². The van der Waals surface area contributed by atoms with E-state index in [1.807, 2.05) is 12.4 Å². The van der Waals surface area contributed by atoms with Gasteiger partial charge in [-0.15, -0.1) is 0 Å². The first kappa shape index (κ1) is 12.6. The molecular weight excluding hydrogens is 304 g/mol. The second-order valence-corrected chi connectivity index (χ2v) is 9.95. The molecule has 2 nitrogen and oxygen atoms in total. The van der Waals surface area contributed by atoms with Crippen molar-refractivity contribution in [1.29, 1.82) is 0 Å². The lowest BCUT2D eigenvalue weighted by atomic mass is 9.27. The van der Waals surface area contributed by atoms with Crippen molar-refractivity contribution >= 4 is 0 Å². The Morgan fingerprint density at radius 3 is 1.92 bits per heavy atom. The molecule has 1 heterocycles. The highest BCUT2D eigenvalue weighted by Crippen LogP contribution is 3.00. The number of fused-ring (bicyclic) bond motifs is 2. The Balaban J connectivity index is 1.32. The second-order valence-electron chi connectivity index (χ2n) is 9.95. The van der Waals surface area contributed by atoms with Crippen LogP contribution in [-0.4, -0.2) is 9.97 Å². The monoisotopic (exact) mass is 326 g/mol. The summed E-state index contributed by atoms with van der Waals surface area (Å²) in [6, 6.07) is 9.50. The molecular formula is C23H22N2. The predicted molar refractivity (Wildman–Crippen MR) is 94.5 cm³/mol. The molecule has 4 atom stereocenters. The van der Waals surface area contributed by atoms with Gasteiger partial charge in [-0.25, -0.2) is 9.97 Å². The van der Waals surface area contributed by atoms with E-state index in [0.717, 1.165) is 57.8 Å². The van der Waals surface area contributed by atoms with Gasteiger partial charge in [0.05, 0.1) is 0 Å². The van der Waals surface area contributed by atoms with Crippen molar-refractivity contribution in [2.75, 3.05) is 0 Å². The van der Waals surface area contributed by atoms with E-state index in [4.69, 9.17) is 0 Å². The minimum atomic E-state index is 0.742. The SMILES string of the molecule is c1cc(-c2cncnc2)cc(C2C34C5CC3C3CC6CC(C4C5)C632)c1. The summed E-state index contributed by atoms with van der Waals surface area (Å²) in [4.78, 5) is 8.46. The van der Waals surface area contributed by atoms with Crippen LogP contribution in [0.25, 0.3) is 11.1 Å². The minimum absolute atomic E-state index is 0.742. The van der Waals surface area contributed by atoms with Crippen LogP contribution in [0.5, 0.6) is 0 Å². The van der Waals surface area contributed by atoms with Gasteiger partial charge in [-0.05, 0) is 89.1 Å². The molecule has 6 aliphatic rings. The highest BCUT2D eigenvalue weighted by atomic mass is 15.0. The lowest BCUT2D eigenvalue weighted by Gasteiger charge is -2.77. The Hall–Kier alpha value is -1.70. The molecule has 0 saturated heterocycles. The highest BCUT2D eigenvalue weighted by molar-refractivity contribution is 5.63. The number of rotatable bonds is 2. The van der Waals surface area contributed by atoms with Gasteiger partial charge in [0.25, 0.3) is 0 Å². The molecule has 0 amide bonds.